The summed E-state index contributed by atoms with van der Waals surface area (Å²) in [7, 11) is -2.98. The molecule has 1 unspecified atom stereocenters. The normalized spacial score (nSPS) is 27.6. The Morgan fingerprint density at radius 1 is 0.375 bits per heavy atom. The lowest BCUT2D eigenvalue weighted by atomic mass is 9.86. The van der Waals surface area contributed by atoms with E-state index in [0.29, 0.717) is 149 Å². The van der Waals surface area contributed by atoms with Crippen LogP contribution in [-0.2, 0) is 109 Å². The van der Waals surface area contributed by atoms with Gasteiger partial charge in [0.15, 0.2) is 18.9 Å². The predicted molar refractivity (Wildman–Crippen MR) is 397 cm³/mol. The largest absolute Gasteiger partial charge is 0.471 e. The fraction of sp³-hybridized carbons (Fsp3) is 0.892. The van der Waals surface area contributed by atoms with Crippen LogP contribution in [0.4, 0.5) is 0 Å². The first kappa shape index (κ1) is 96.2. The number of unbranched alkanes of at least 4 members (excludes halogenated alkanes) is 7. The number of carbonyl (C=O) groups is 8. The molecule has 0 aromatic carbocycles. The minimum atomic E-state index is -4.06. The summed E-state index contributed by atoms with van der Waals surface area (Å²) >= 11 is 0. The monoisotopic (exact) mass is 1630 g/mol. The summed E-state index contributed by atoms with van der Waals surface area (Å²) in [6, 6.07) is 0. The maximum absolute atomic E-state index is 13.9. The van der Waals surface area contributed by atoms with Crippen molar-refractivity contribution in [3.05, 3.63) is 0 Å². The predicted octanol–water partition coefficient (Wildman–Crippen LogP) is -0.217. The van der Waals surface area contributed by atoms with Gasteiger partial charge in [-0.2, -0.15) is 0 Å². The highest BCUT2D eigenvalue weighted by molar-refractivity contribution is 7.47. The van der Waals surface area contributed by atoms with Gasteiger partial charge < -0.3 is 130 Å². The van der Waals surface area contributed by atoms with Crippen LogP contribution in [0, 0.1) is 17.8 Å². The Labute approximate surface area is 656 Å². The van der Waals surface area contributed by atoms with E-state index in [0.717, 1.165) is 7.11 Å². The zero-order valence-corrected chi connectivity index (χ0v) is 66.8. The molecule has 0 radical (unpaired) electrons. The van der Waals surface area contributed by atoms with Crippen LogP contribution < -0.4 is 37.2 Å². The number of hydrogen-bond acceptors (Lipinski definition) is 29. The highest BCUT2D eigenvalue weighted by Crippen LogP contribution is 2.44. The first-order valence-corrected chi connectivity index (χ1v) is 41.6. The highest BCUT2D eigenvalue weighted by Gasteiger charge is 2.60. The maximum Gasteiger partial charge on any atom is 0.471 e. The van der Waals surface area contributed by atoms with Crippen LogP contribution >= 0.6 is 7.82 Å². The maximum atomic E-state index is 13.9. The Bertz CT molecular complexity index is 2650. The van der Waals surface area contributed by atoms with Crippen LogP contribution in [0.25, 0.3) is 0 Å². The second-order valence-electron chi connectivity index (χ2n) is 30.3. The van der Waals surface area contributed by atoms with Crippen LogP contribution in [0.2, 0.25) is 0 Å². The van der Waals surface area contributed by atoms with Gasteiger partial charge in [-0.1, -0.05) is 33.6 Å². The summed E-state index contributed by atoms with van der Waals surface area (Å²) in [6.07, 6.45) is 0.437. The minimum Gasteiger partial charge on any atom is -0.390 e. The van der Waals surface area contributed by atoms with Crippen LogP contribution in [0.5, 0.6) is 0 Å². The van der Waals surface area contributed by atoms with E-state index in [2.05, 4.69) is 41.7 Å². The van der Waals surface area contributed by atoms with Crippen molar-refractivity contribution in [3.63, 3.8) is 0 Å². The number of amides is 7. The molecule has 37 nitrogen and oxygen atoms in total. The Kier molecular flexibility index (Phi) is 43.7. The van der Waals surface area contributed by atoms with Crippen molar-refractivity contribution in [1.82, 2.24) is 37.2 Å². The number of phosphoric ester groups is 1. The summed E-state index contributed by atoms with van der Waals surface area (Å²) in [5.41, 5.74) is -4.88. The zero-order valence-electron chi connectivity index (χ0n) is 65.9. The molecule has 0 aliphatic carbocycles. The average Bonchev–Trinajstić information content (AvgIpc) is 1.59. The second kappa shape index (κ2) is 50.9. The number of rotatable bonds is 63. The summed E-state index contributed by atoms with van der Waals surface area (Å²) in [5.74, 6) is -3.26. The Morgan fingerprint density at radius 2 is 0.679 bits per heavy atom. The van der Waals surface area contributed by atoms with Crippen molar-refractivity contribution in [1.29, 1.82) is 0 Å². The van der Waals surface area contributed by atoms with E-state index in [-0.39, 0.29) is 209 Å². The number of Topliss-reactive ketones (excluding diaryl/α,β-unsaturated/α-hetero) is 1. The molecule has 646 valence electrons. The molecular formula is C74H130N7O30P. The van der Waals surface area contributed by atoms with Gasteiger partial charge in [0.2, 0.25) is 41.4 Å². The van der Waals surface area contributed by atoms with Gasteiger partial charge in [-0.3, -0.25) is 47.4 Å². The third-order valence-electron chi connectivity index (χ3n) is 20.8. The highest BCUT2D eigenvalue weighted by atomic mass is 31.2. The third-order valence-corrected chi connectivity index (χ3v) is 21.8. The number of aliphatic hydroxyl groups excluding tert-OH is 6. The lowest BCUT2D eigenvalue weighted by Crippen LogP contribution is -2.60. The number of ketones is 1. The van der Waals surface area contributed by atoms with Crippen molar-refractivity contribution in [2.45, 2.75) is 253 Å². The molecule has 0 saturated carbocycles. The van der Waals surface area contributed by atoms with Crippen molar-refractivity contribution >= 4 is 55.0 Å². The molecule has 0 spiro atoms. The van der Waals surface area contributed by atoms with Crippen molar-refractivity contribution in [2.75, 3.05) is 152 Å². The molecule has 6 saturated heterocycles. The van der Waals surface area contributed by atoms with Gasteiger partial charge in [0.25, 0.3) is 0 Å². The molecule has 14 N–H and O–H groups in total. The molecule has 6 heterocycles. The van der Waals surface area contributed by atoms with Crippen LogP contribution in [0.3, 0.4) is 0 Å². The molecule has 7 amide bonds. The number of fused-ring (bicyclic) bond motifs is 6. The van der Waals surface area contributed by atoms with E-state index >= 15 is 0 Å². The minimum absolute atomic E-state index is 0.0113. The first-order valence-electron chi connectivity index (χ1n) is 40.1. The van der Waals surface area contributed by atoms with Crippen LogP contribution in [0.15, 0.2) is 0 Å². The van der Waals surface area contributed by atoms with Gasteiger partial charge in [0.05, 0.1) is 104 Å². The molecule has 38 heteroatoms. The number of ether oxygens (including phenoxy) is 12. The van der Waals surface area contributed by atoms with E-state index in [4.69, 9.17) is 61.4 Å². The third kappa shape index (κ3) is 33.0. The SMILES string of the molecule is COP(=O)(O)OCCCCCCNC(=O)CCCC(=O)NC(COCCC(=O)NCCCCC(=O)CCCCOC[C@@]12CO[C@@H](O1)[C@H](C)[C@@H](O)[C@H]2O)(COCCC(=O)NCCCNC(=O)CCCCOC[C@@]12CO[C@@H](O1)[C@H](C)[C@@H](O)[C@H]2O)COCCC(=O)NCCCNC(=O)CCCCOC[C@@]12CO[C@@H](O1)[C@H](C)[C@@H](O)[C@H]2O. The van der Waals surface area contributed by atoms with E-state index in [9.17, 15) is 78.5 Å². The molecule has 0 aromatic rings. The lowest BCUT2D eigenvalue weighted by molar-refractivity contribution is -0.248. The number of aliphatic hydroxyl groups is 6. The quantitative estimate of drug-likeness (QED) is 0.0277. The molecule has 6 aliphatic rings. The first-order chi connectivity index (χ1) is 53.7. The molecule has 6 rings (SSSR count). The van der Waals surface area contributed by atoms with Crippen molar-refractivity contribution in [3.8, 4) is 0 Å². The average molecular weight is 1630 g/mol. The fourth-order valence-electron chi connectivity index (χ4n) is 13.6. The number of phosphoric acid groups is 1. The zero-order chi connectivity index (χ0) is 81.4. The second-order valence-corrected chi connectivity index (χ2v) is 31.9. The van der Waals surface area contributed by atoms with Crippen molar-refractivity contribution < 1.29 is 144 Å². The van der Waals surface area contributed by atoms with E-state index in [1.54, 1.807) is 20.8 Å². The van der Waals surface area contributed by atoms with Gasteiger partial charge in [-0.05, 0) is 83.5 Å². The molecular weight excluding hydrogens is 1500 g/mol. The Hall–Kier alpha value is -4.65. The molecule has 0 aromatic heterocycles. The summed E-state index contributed by atoms with van der Waals surface area (Å²) in [4.78, 5) is 113. The van der Waals surface area contributed by atoms with Gasteiger partial charge in [0.1, 0.15) is 46.4 Å². The van der Waals surface area contributed by atoms with Crippen LogP contribution in [-0.4, -0.2) is 313 Å². The van der Waals surface area contributed by atoms with Gasteiger partial charge >= 0.3 is 7.82 Å². The number of carbonyl (C=O) groups excluding carboxylic acids is 8. The van der Waals surface area contributed by atoms with E-state index in [1.807, 2.05) is 0 Å². The van der Waals surface area contributed by atoms with Gasteiger partial charge in [-0.15, -0.1) is 0 Å². The van der Waals surface area contributed by atoms with E-state index in [1.165, 1.54) is 0 Å². The van der Waals surface area contributed by atoms with Gasteiger partial charge in [-0.25, -0.2) is 4.57 Å². The molecule has 6 fully saturated rings. The molecule has 112 heavy (non-hydrogen) atoms. The topological polar surface area (TPSA) is 509 Å². The van der Waals surface area contributed by atoms with Crippen molar-refractivity contribution in [2.24, 2.45) is 17.8 Å². The van der Waals surface area contributed by atoms with Crippen LogP contribution in [0.1, 0.15) is 175 Å². The molecule has 6 aliphatic heterocycles. The number of hydrogen-bond donors (Lipinski definition) is 14. The Morgan fingerprint density at radius 3 is 1.05 bits per heavy atom. The smallest absolute Gasteiger partial charge is 0.390 e. The standard InChI is InChI=1S/C74H130N7O30P/c1-51-62(90)65(93)72(48-105-68(51)109-72)45-99-35-14-8-21-54(82)20-7-12-30-76-58(86)26-39-102-42-71(81-61(89)25-17-24-57(85)75-29-11-5-6-13-38-108-112(96,97)98-4,43-103-40-27-59(87)79-33-18-31-77-55(83)22-9-15-36-100-46-73-49-106-69(110-73)52(2)63(91)66(73)94)44-104-41-28-60(88)80-34-19-32-78-56(84)23-10-16-37-101-47-74-50-107-70(111-74)53(3)64(92)67(74)95/h51-53,62-70,90-95H,5-50H2,1-4H3,(H,75,85)(H,76,86)(H,77,83)(H,78,84)(H,79,87)(H,80,88)(H,81,89)(H,96,97)/t51-,52-,53-,62-,63-,64-,65-,66-,67-,68+,69+,70+,72+,73+,74+/m1/s1. The van der Waals surface area contributed by atoms with E-state index < -0.39 is 91.6 Å². The molecule has 16 atom stereocenters. The number of nitrogens with one attached hydrogen (secondary N) is 7. The lowest BCUT2D eigenvalue weighted by Gasteiger charge is -2.41. The summed E-state index contributed by atoms with van der Waals surface area (Å²) in [5, 5.41) is 83.1. The molecule has 6 bridgehead atoms. The summed E-state index contributed by atoms with van der Waals surface area (Å²) in [6.45, 7) is 7.20. The fourth-order valence-corrected chi connectivity index (χ4v) is 14.0. The van der Waals surface area contributed by atoms with Gasteiger partial charge in [0, 0.05) is 142 Å². The Balaban J connectivity index is 0.927. The summed E-state index contributed by atoms with van der Waals surface area (Å²) < 4.78 is 90.8.